The van der Waals surface area contributed by atoms with Crippen molar-refractivity contribution in [1.82, 2.24) is 14.6 Å². The summed E-state index contributed by atoms with van der Waals surface area (Å²) >= 11 is 9.11. The Morgan fingerprint density at radius 3 is 2.73 bits per heavy atom. The molecule has 0 unspecified atom stereocenters. The first kappa shape index (κ1) is 18.1. The number of hydrogen-bond donors (Lipinski definition) is 1. The van der Waals surface area contributed by atoms with Crippen LogP contribution in [-0.4, -0.2) is 56.7 Å². The number of rotatable bonds is 5. The summed E-state index contributed by atoms with van der Waals surface area (Å²) in [6, 6.07) is 1.44. The average Bonchev–Trinajstić information content (AvgIpc) is 2.49. The van der Waals surface area contributed by atoms with Crippen LogP contribution < -0.4 is 4.72 Å². The van der Waals surface area contributed by atoms with Crippen molar-refractivity contribution in [2.24, 2.45) is 0 Å². The van der Waals surface area contributed by atoms with E-state index in [-0.39, 0.29) is 22.1 Å². The van der Waals surface area contributed by atoms with Gasteiger partial charge in [0.15, 0.2) is 0 Å². The Kier molecular flexibility index (Phi) is 5.84. The predicted octanol–water partition coefficient (Wildman–Crippen LogP) is 1.89. The van der Waals surface area contributed by atoms with Crippen molar-refractivity contribution in [3.8, 4) is 0 Å². The second-order valence-corrected chi connectivity index (χ2v) is 8.69. The smallest absolute Gasteiger partial charge is 0.243 e. The Morgan fingerprint density at radius 1 is 1.45 bits per heavy atom. The van der Waals surface area contributed by atoms with Gasteiger partial charge in [0.05, 0.1) is 13.2 Å². The second kappa shape index (κ2) is 7.11. The van der Waals surface area contributed by atoms with Crippen molar-refractivity contribution in [2.45, 2.75) is 24.3 Å². The first-order chi connectivity index (χ1) is 10.2. The van der Waals surface area contributed by atoms with Crippen LogP contribution in [0.15, 0.2) is 21.6 Å². The summed E-state index contributed by atoms with van der Waals surface area (Å²) < 4.78 is 33.4. The lowest BCUT2D eigenvalue weighted by Gasteiger charge is -2.40. The number of nitrogens with one attached hydrogen (secondary N) is 1. The standard InChI is InChI=1S/C13H19BrClN3O3S/c1-13(2,18-3-5-21-6-4-18)9-17-22(19,20)11-7-10(14)8-16-12(11)15/h7-8,17H,3-6,9H2,1-2H3. The summed E-state index contributed by atoms with van der Waals surface area (Å²) in [7, 11) is -3.72. The molecule has 0 amide bonds. The van der Waals surface area contributed by atoms with Crippen LogP contribution in [0.3, 0.4) is 0 Å². The van der Waals surface area contributed by atoms with Gasteiger partial charge >= 0.3 is 0 Å². The van der Waals surface area contributed by atoms with E-state index in [1.54, 1.807) is 0 Å². The molecule has 0 radical (unpaired) electrons. The molecule has 0 spiro atoms. The van der Waals surface area contributed by atoms with Crippen LogP contribution in [0, 0.1) is 0 Å². The number of halogens is 2. The summed E-state index contributed by atoms with van der Waals surface area (Å²) in [6.45, 7) is 7.18. The van der Waals surface area contributed by atoms with Crippen LogP contribution in [0.2, 0.25) is 5.15 Å². The molecule has 2 heterocycles. The van der Waals surface area contributed by atoms with E-state index < -0.39 is 10.0 Å². The highest BCUT2D eigenvalue weighted by Crippen LogP contribution is 2.23. The summed E-state index contributed by atoms with van der Waals surface area (Å²) in [4.78, 5) is 6.03. The van der Waals surface area contributed by atoms with E-state index in [1.165, 1.54) is 12.3 Å². The van der Waals surface area contributed by atoms with E-state index in [1.807, 2.05) is 13.8 Å². The number of ether oxygens (including phenoxy) is 1. The maximum absolute atomic E-state index is 12.4. The molecule has 1 aromatic rings. The van der Waals surface area contributed by atoms with Gasteiger partial charge < -0.3 is 4.74 Å². The van der Waals surface area contributed by atoms with Crippen LogP contribution in [0.25, 0.3) is 0 Å². The third-order valence-electron chi connectivity index (χ3n) is 3.62. The first-order valence-electron chi connectivity index (χ1n) is 6.86. The first-order valence-corrected chi connectivity index (χ1v) is 9.51. The van der Waals surface area contributed by atoms with Crippen LogP contribution in [0.4, 0.5) is 0 Å². The minimum atomic E-state index is -3.72. The van der Waals surface area contributed by atoms with Gasteiger partial charge in [0.25, 0.3) is 0 Å². The van der Waals surface area contributed by atoms with Crippen molar-refractivity contribution in [2.75, 3.05) is 32.8 Å². The van der Waals surface area contributed by atoms with Crippen molar-refractivity contribution >= 4 is 37.6 Å². The topological polar surface area (TPSA) is 71.5 Å². The van der Waals surface area contributed by atoms with E-state index in [4.69, 9.17) is 16.3 Å². The van der Waals surface area contributed by atoms with E-state index in [2.05, 4.69) is 30.5 Å². The quantitative estimate of drug-likeness (QED) is 0.748. The molecule has 1 aliphatic rings. The summed E-state index contributed by atoms with van der Waals surface area (Å²) in [6.07, 6.45) is 1.46. The number of hydrogen-bond acceptors (Lipinski definition) is 5. The molecule has 6 nitrogen and oxygen atoms in total. The number of aromatic nitrogens is 1. The third kappa shape index (κ3) is 4.39. The molecule has 1 aliphatic heterocycles. The Bertz CT molecular complexity index is 633. The van der Waals surface area contributed by atoms with Gasteiger partial charge in [-0.2, -0.15) is 0 Å². The highest BCUT2D eigenvalue weighted by molar-refractivity contribution is 9.10. The summed E-state index contributed by atoms with van der Waals surface area (Å²) in [5.41, 5.74) is -0.317. The molecule has 9 heteroatoms. The Hall–Kier alpha value is -0.250. The van der Waals surface area contributed by atoms with Crippen molar-refractivity contribution in [3.05, 3.63) is 21.9 Å². The van der Waals surface area contributed by atoms with Gasteiger partial charge in [0, 0.05) is 35.8 Å². The van der Waals surface area contributed by atoms with Gasteiger partial charge in [0.2, 0.25) is 10.0 Å². The highest BCUT2D eigenvalue weighted by Gasteiger charge is 2.30. The fourth-order valence-corrected chi connectivity index (χ4v) is 4.37. The molecule has 1 aromatic heterocycles. The number of morpholine rings is 1. The van der Waals surface area contributed by atoms with Gasteiger partial charge in [-0.3, -0.25) is 4.90 Å². The lowest BCUT2D eigenvalue weighted by Crippen LogP contribution is -2.55. The number of nitrogens with zero attached hydrogens (tertiary/aromatic N) is 2. The van der Waals surface area contributed by atoms with Gasteiger partial charge in [-0.1, -0.05) is 11.6 Å². The van der Waals surface area contributed by atoms with Crippen LogP contribution >= 0.6 is 27.5 Å². The second-order valence-electron chi connectivity index (χ2n) is 5.68. The zero-order valence-electron chi connectivity index (χ0n) is 12.5. The molecule has 0 saturated carbocycles. The summed E-state index contributed by atoms with van der Waals surface area (Å²) in [5, 5.41) is -0.0418. The zero-order chi connectivity index (χ0) is 16.4. The van der Waals surface area contributed by atoms with Crippen LogP contribution in [-0.2, 0) is 14.8 Å². The van der Waals surface area contributed by atoms with Crippen molar-refractivity contribution in [1.29, 1.82) is 0 Å². The molecular weight excluding hydrogens is 394 g/mol. The average molecular weight is 413 g/mol. The Labute approximate surface area is 144 Å². The van der Waals surface area contributed by atoms with Gasteiger partial charge in [-0.05, 0) is 35.8 Å². The highest BCUT2D eigenvalue weighted by atomic mass is 79.9. The number of pyridine rings is 1. The summed E-state index contributed by atoms with van der Waals surface area (Å²) in [5.74, 6) is 0. The van der Waals surface area contributed by atoms with E-state index in [0.29, 0.717) is 17.7 Å². The minimum absolute atomic E-state index is 0.0266. The van der Waals surface area contributed by atoms with Gasteiger partial charge in [-0.25, -0.2) is 18.1 Å². The molecule has 1 saturated heterocycles. The molecule has 0 bridgehead atoms. The zero-order valence-corrected chi connectivity index (χ0v) is 15.6. The molecule has 22 heavy (non-hydrogen) atoms. The van der Waals surface area contributed by atoms with Gasteiger partial charge in [0.1, 0.15) is 10.0 Å². The molecule has 0 aliphatic carbocycles. The molecule has 2 rings (SSSR count). The van der Waals surface area contributed by atoms with E-state index in [9.17, 15) is 8.42 Å². The van der Waals surface area contributed by atoms with Gasteiger partial charge in [-0.15, -0.1) is 0 Å². The monoisotopic (exact) mass is 411 g/mol. The van der Waals surface area contributed by atoms with Crippen molar-refractivity contribution in [3.63, 3.8) is 0 Å². The Morgan fingerprint density at radius 2 is 2.09 bits per heavy atom. The minimum Gasteiger partial charge on any atom is -0.379 e. The lowest BCUT2D eigenvalue weighted by atomic mass is 10.0. The number of sulfonamides is 1. The molecule has 1 fully saturated rings. The SMILES string of the molecule is CC(C)(CNS(=O)(=O)c1cc(Br)cnc1Cl)N1CCOCC1. The predicted molar refractivity (Wildman–Crippen MR) is 88.6 cm³/mol. The maximum Gasteiger partial charge on any atom is 0.243 e. The normalized spacial score (nSPS) is 17.6. The third-order valence-corrected chi connectivity index (χ3v) is 5.89. The molecule has 1 N–H and O–H groups in total. The van der Waals surface area contributed by atoms with Crippen LogP contribution in [0.5, 0.6) is 0 Å². The molecule has 124 valence electrons. The fraction of sp³-hybridized carbons (Fsp3) is 0.615. The molecular formula is C13H19BrClN3O3S. The maximum atomic E-state index is 12.4. The van der Waals surface area contributed by atoms with E-state index >= 15 is 0 Å². The van der Waals surface area contributed by atoms with Crippen LogP contribution in [0.1, 0.15) is 13.8 Å². The van der Waals surface area contributed by atoms with Crippen molar-refractivity contribution < 1.29 is 13.2 Å². The lowest BCUT2D eigenvalue weighted by molar-refractivity contribution is -0.00803. The molecule has 0 aromatic carbocycles. The molecule has 0 atom stereocenters. The van der Waals surface area contributed by atoms with E-state index in [0.717, 1.165) is 13.1 Å². The fourth-order valence-electron chi connectivity index (χ4n) is 2.22. The largest absolute Gasteiger partial charge is 0.379 e. The Balaban J connectivity index is 2.10.